The molecule has 1 aliphatic rings. The third kappa shape index (κ3) is 3.04. The van der Waals surface area contributed by atoms with Gasteiger partial charge in [-0.15, -0.1) is 0 Å². The Hall–Kier alpha value is -2.62. The van der Waals surface area contributed by atoms with E-state index in [1.165, 1.54) is 31.4 Å². The van der Waals surface area contributed by atoms with Crippen molar-refractivity contribution in [2.75, 3.05) is 11.4 Å². The lowest BCUT2D eigenvalue weighted by Gasteiger charge is -2.29. The highest BCUT2D eigenvalue weighted by atomic mass is 16.1. The van der Waals surface area contributed by atoms with Crippen molar-refractivity contribution in [3.63, 3.8) is 0 Å². The highest BCUT2D eigenvalue weighted by Crippen LogP contribution is 2.28. The van der Waals surface area contributed by atoms with Gasteiger partial charge in [-0.2, -0.15) is 5.10 Å². The summed E-state index contributed by atoms with van der Waals surface area (Å²) in [5.74, 6) is 0. The van der Waals surface area contributed by atoms with Crippen LogP contribution in [0.1, 0.15) is 32.6 Å². The van der Waals surface area contributed by atoms with Crippen LogP contribution < -0.4 is 10.5 Å². The summed E-state index contributed by atoms with van der Waals surface area (Å²) in [4.78, 5) is 14.5. The molecule has 128 valence electrons. The lowest BCUT2D eigenvalue weighted by Crippen LogP contribution is -2.32. The number of aromatic amines is 1. The number of H-pyrrole nitrogens is 1. The molecule has 0 spiro atoms. The molecule has 1 aliphatic heterocycles. The predicted octanol–water partition coefficient (Wildman–Crippen LogP) is 4.36. The summed E-state index contributed by atoms with van der Waals surface area (Å²) in [6.07, 6.45) is 5.17. The maximum Gasteiger partial charge on any atom is 0.272 e. The van der Waals surface area contributed by atoms with E-state index in [0.717, 1.165) is 23.2 Å². The summed E-state index contributed by atoms with van der Waals surface area (Å²) < 4.78 is 0. The Morgan fingerprint density at radius 3 is 2.56 bits per heavy atom. The van der Waals surface area contributed by atoms with Crippen LogP contribution in [0.3, 0.4) is 0 Å². The van der Waals surface area contributed by atoms with Crippen molar-refractivity contribution in [2.24, 2.45) is 0 Å². The van der Waals surface area contributed by atoms with Crippen LogP contribution in [0, 0.1) is 0 Å². The van der Waals surface area contributed by atoms with Gasteiger partial charge in [0.1, 0.15) is 0 Å². The summed E-state index contributed by atoms with van der Waals surface area (Å²) >= 11 is 0. The van der Waals surface area contributed by atoms with E-state index < -0.39 is 0 Å². The smallest absolute Gasteiger partial charge is 0.272 e. The molecule has 1 unspecified atom stereocenters. The average molecular weight is 333 g/mol. The monoisotopic (exact) mass is 333 g/mol. The Bertz CT molecular complexity index is 930. The van der Waals surface area contributed by atoms with E-state index in [2.05, 4.69) is 46.3 Å². The predicted molar refractivity (Wildman–Crippen MR) is 103 cm³/mol. The van der Waals surface area contributed by atoms with Gasteiger partial charge in [0.2, 0.25) is 0 Å². The lowest BCUT2D eigenvalue weighted by molar-refractivity contribution is 0.616. The Morgan fingerprint density at radius 1 is 1.00 bits per heavy atom. The van der Waals surface area contributed by atoms with Gasteiger partial charge in [0.05, 0.1) is 11.1 Å². The molecule has 1 fully saturated rings. The van der Waals surface area contributed by atoms with Crippen molar-refractivity contribution >= 4 is 16.5 Å². The van der Waals surface area contributed by atoms with Gasteiger partial charge in [-0.3, -0.25) is 4.79 Å². The first-order valence-corrected chi connectivity index (χ1v) is 9.08. The zero-order valence-corrected chi connectivity index (χ0v) is 14.5. The number of nitrogens with zero attached hydrogens (tertiary/aromatic N) is 2. The van der Waals surface area contributed by atoms with Crippen LogP contribution in [0.2, 0.25) is 0 Å². The molecule has 0 aliphatic carbocycles. The van der Waals surface area contributed by atoms with E-state index in [1.807, 2.05) is 24.3 Å². The topological polar surface area (TPSA) is 49.0 Å². The summed E-state index contributed by atoms with van der Waals surface area (Å²) in [5.41, 5.74) is 2.98. The minimum atomic E-state index is -0.144. The number of hydrogen-bond donors (Lipinski definition) is 1. The van der Waals surface area contributed by atoms with Crippen molar-refractivity contribution in [3.05, 3.63) is 58.9 Å². The molecule has 3 aromatic rings. The third-order valence-corrected chi connectivity index (χ3v) is 5.22. The fourth-order valence-electron chi connectivity index (χ4n) is 3.80. The van der Waals surface area contributed by atoms with Gasteiger partial charge in [-0.05, 0) is 38.0 Å². The minimum Gasteiger partial charge on any atom is -0.369 e. The number of fused-ring (bicyclic) bond motifs is 1. The van der Waals surface area contributed by atoms with E-state index in [1.54, 1.807) is 0 Å². The molecule has 25 heavy (non-hydrogen) atoms. The molecule has 0 radical (unpaired) electrons. The summed E-state index contributed by atoms with van der Waals surface area (Å²) in [5, 5.41) is 8.49. The van der Waals surface area contributed by atoms with Gasteiger partial charge in [0, 0.05) is 29.2 Å². The molecule has 2 heterocycles. The largest absolute Gasteiger partial charge is 0.369 e. The first-order chi connectivity index (χ1) is 12.2. The Balaban J connectivity index is 1.71. The zero-order chi connectivity index (χ0) is 17.2. The number of nitrogens with one attached hydrogen (secondary N) is 1. The SMILES string of the molecule is CC1CCCCCN1c1ccc(-c2n[nH]c(=O)c3ccccc23)cc1. The van der Waals surface area contributed by atoms with Gasteiger partial charge < -0.3 is 4.90 Å². The second kappa shape index (κ2) is 6.71. The van der Waals surface area contributed by atoms with Gasteiger partial charge in [0.15, 0.2) is 0 Å². The molecule has 4 nitrogen and oxygen atoms in total. The van der Waals surface area contributed by atoms with E-state index in [9.17, 15) is 4.79 Å². The minimum absolute atomic E-state index is 0.144. The molecular formula is C21H23N3O. The molecule has 0 amide bonds. The highest BCUT2D eigenvalue weighted by molar-refractivity contribution is 5.93. The molecule has 4 heteroatoms. The zero-order valence-electron chi connectivity index (χ0n) is 14.5. The van der Waals surface area contributed by atoms with Crippen LogP contribution in [-0.4, -0.2) is 22.8 Å². The van der Waals surface area contributed by atoms with E-state index in [4.69, 9.17) is 0 Å². The standard InChI is InChI=1S/C21H23N3O/c1-15-7-3-2-6-14-24(15)17-12-10-16(11-13-17)20-18-8-4-5-9-19(18)21(25)23-22-20/h4-5,8-13,15H,2-3,6-7,14H2,1H3,(H,23,25). The first-order valence-electron chi connectivity index (χ1n) is 9.08. The van der Waals surface area contributed by atoms with Crippen molar-refractivity contribution < 1.29 is 0 Å². The molecule has 1 N–H and O–H groups in total. The molecule has 4 rings (SSSR count). The summed E-state index contributed by atoms with van der Waals surface area (Å²) in [6.45, 7) is 3.44. The highest BCUT2D eigenvalue weighted by Gasteiger charge is 2.17. The van der Waals surface area contributed by atoms with E-state index in [0.29, 0.717) is 11.4 Å². The molecule has 1 saturated heterocycles. The van der Waals surface area contributed by atoms with Gasteiger partial charge in [-0.1, -0.05) is 43.2 Å². The van der Waals surface area contributed by atoms with Crippen LogP contribution in [0.25, 0.3) is 22.0 Å². The van der Waals surface area contributed by atoms with E-state index in [-0.39, 0.29) is 5.56 Å². The number of hydrogen-bond acceptors (Lipinski definition) is 3. The summed E-state index contributed by atoms with van der Waals surface area (Å²) in [6, 6.07) is 16.8. The summed E-state index contributed by atoms with van der Waals surface area (Å²) in [7, 11) is 0. The van der Waals surface area contributed by atoms with Crippen molar-refractivity contribution in [3.8, 4) is 11.3 Å². The quantitative estimate of drug-likeness (QED) is 0.758. The van der Waals surface area contributed by atoms with Crippen LogP contribution >= 0.6 is 0 Å². The maximum atomic E-state index is 12.0. The number of aromatic nitrogens is 2. The van der Waals surface area contributed by atoms with Crippen molar-refractivity contribution in [2.45, 2.75) is 38.6 Å². The number of benzene rings is 2. The maximum absolute atomic E-state index is 12.0. The second-order valence-corrected chi connectivity index (χ2v) is 6.89. The molecule has 1 aromatic heterocycles. The molecular weight excluding hydrogens is 310 g/mol. The number of anilines is 1. The Labute approximate surface area is 147 Å². The fraction of sp³-hybridized carbons (Fsp3) is 0.333. The van der Waals surface area contributed by atoms with Crippen molar-refractivity contribution in [1.29, 1.82) is 0 Å². The Morgan fingerprint density at radius 2 is 1.76 bits per heavy atom. The van der Waals surface area contributed by atoms with Crippen LogP contribution in [0.15, 0.2) is 53.3 Å². The number of rotatable bonds is 2. The van der Waals surface area contributed by atoms with Crippen molar-refractivity contribution in [1.82, 2.24) is 10.2 Å². The first kappa shape index (κ1) is 15.9. The second-order valence-electron chi connectivity index (χ2n) is 6.89. The van der Waals surface area contributed by atoms with Crippen LogP contribution in [-0.2, 0) is 0 Å². The van der Waals surface area contributed by atoms with Crippen LogP contribution in [0.4, 0.5) is 5.69 Å². The third-order valence-electron chi connectivity index (χ3n) is 5.22. The molecule has 0 saturated carbocycles. The molecule has 0 bridgehead atoms. The fourth-order valence-corrected chi connectivity index (χ4v) is 3.80. The van der Waals surface area contributed by atoms with Gasteiger partial charge in [0.25, 0.3) is 5.56 Å². The normalized spacial score (nSPS) is 18.3. The van der Waals surface area contributed by atoms with Gasteiger partial charge >= 0.3 is 0 Å². The molecule has 2 aromatic carbocycles. The van der Waals surface area contributed by atoms with Gasteiger partial charge in [-0.25, -0.2) is 5.10 Å². The average Bonchev–Trinajstić information content (AvgIpc) is 2.87. The lowest BCUT2D eigenvalue weighted by atomic mass is 10.0. The Kier molecular flexibility index (Phi) is 4.26. The van der Waals surface area contributed by atoms with Crippen LogP contribution in [0.5, 0.6) is 0 Å². The molecule has 1 atom stereocenters. The van der Waals surface area contributed by atoms with E-state index >= 15 is 0 Å².